The minimum absolute atomic E-state index is 0.0568. The van der Waals surface area contributed by atoms with E-state index in [2.05, 4.69) is 16.0 Å². The molecular weight excluding hydrogens is 370 g/mol. The van der Waals surface area contributed by atoms with Gasteiger partial charge in [0, 0.05) is 17.1 Å². The Bertz CT molecular complexity index is 881. The number of anilines is 3. The average molecular weight is 392 g/mol. The number of thiocarbonyl (C=S) groups is 1. The molecule has 6 nitrogen and oxygen atoms in total. The average Bonchev–Trinajstić information content (AvgIpc) is 2.83. The molecule has 1 aliphatic rings. The molecule has 2 aromatic carbocycles. The summed E-state index contributed by atoms with van der Waals surface area (Å²) in [7, 11) is -3.17. The molecule has 1 heterocycles. The van der Waals surface area contributed by atoms with Crippen molar-refractivity contribution in [1.29, 1.82) is 0 Å². The molecule has 0 unspecified atom stereocenters. The fourth-order valence-electron chi connectivity index (χ4n) is 2.76. The maximum atomic E-state index is 11.6. The highest BCUT2D eigenvalue weighted by molar-refractivity contribution is 7.91. The Morgan fingerprint density at radius 1 is 0.962 bits per heavy atom. The topological polar surface area (TPSA) is 90.5 Å². The summed E-state index contributed by atoms with van der Waals surface area (Å²) in [5.41, 5.74) is 3.63. The molecule has 0 spiro atoms. The molecule has 0 amide bonds. The SMILES string of the molecule is Cc1ccc(NC(=S)Nc2ccc(N[C@@H]3CS(=O)(=O)C[C@@H]3O)cc2)cc1. The van der Waals surface area contributed by atoms with Crippen LogP contribution in [0.1, 0.15) is 5.56 Å². The number of rotatable bonds is 4. The number of hydrogen-bond acceptors (Lipinski definition) is 5. The Morgan fingerprint density at radius 3 is 1.96 bits per heavy atom. The van der Waals surface area contributed by atoms with E-state index in [0.29, 0.717) is 5.11 Å². The van der Waals surface area contributed by atoms with Crippen molar-refractivity contribution in [2.24, 2.45) is 0 Å². The van der Waals surface area contributed by atoms with Crippen LogP contribution in [0.5, 0.6) is 0 Å². The molecular formula is C18H21N3O3S2. The molecule has 0 bridgehead atoms. The number of aliphatic hydroxyl groups excluding tert-OH is 1. The normalized spacial score (nSPS) is 21.2. The highest BCUT2D eigenvalue weighted by atomic mass is 32.2. The summed E-state index contributed by atoms with van der Waals surface area (Å²) in [4.78, 5) is 0. The fourth-order valence-corrected chi connectivity index (χ4v) is 4.74. The highest BCUT2D eigenvalue weighted by Gasteiger charge is 2.36. The van der Waals surface area contributed by atoms with Crippen molar-refractivity contribution >= 4 is 44.2 Å². The first-order chi connectivity index (χ1) is 12.3. The molecule has 0 radical (unpaired) electrons. The zero-order chi connectivity index (χ0) is 18.7. The van der Waals surface area contributed by atoms with E-state index in [-0.39, 0.29) is 11.5 Å². The minimum atomic E-state index is -3.17. The van der Waals surface area contributed by atoms with Crippen LogP contribution in [0.4, 0.5) is 17.1 Å². The van der Waals surface area contributed by atoms with E-state index in [1.165, 1.54) is 5.56 Å². The van der Waals surface area contributed by atoms with Crippen LogP contribution in [0.15, 0.2) is 48.5 Å². The molecule has 1 saturated heterocycles. The maximum absolute atomic E-state index is 11.6. The van der Waals surface area contributed by atoms with Gasteiger partial charge in [-0.15, -0.1) is 0 Å². The third kappa shape index (κ3) is 4.94. The summed E-state index contributed by atoms with van der Waals surface area (Å²) in [6.45, 7) is 2.02. The highest BCUT2D eigenvalue weighted by Crippen LogP contribution is 2.20. The first-order valence-corrected chi connectivity index (χ1v) is 10.4. The van der Waals surface area contributed by atoms with E-state index in [1.807, 2.05) is 55.5 Å². The zero-order valence-electron chi connectivity index (χ0n) is 14.3. The Hall–Kier alpha value is -2.16. The Labute approximate surface area is 158 Å². The lowest BCUT2D eigenvalue weighted by molar-refractivity contribution is 0.190. The van der Waals surface area contributed by atoms with Gasteiger partial charge in [0.05, 0.1) is 23.7 Å². The van der Waals surface area contributed by atoms with Gasteiger partial charge in [-0.2, -0.15) is 0 Å². The summed E-state index contributed by atoms with van der Waals surface area (Å²) >= 11 is 5.30. The smallest absolute Gasteiger partial charge is 0.175 e. The largest absolute Gasteiger partial charge is 0.390 e. The number of hydrogen-bond donors (Lipinski definition) is 4. The lowest BCUT2D eigenvalue weighted by Gasteiger charge is -2.17. The molecule has 1 aliphatic heterocycles. The summed E-state index contributed by atoms with van der Waals surface area (Å²) in [5, 5.41) is 19.6. The van der Waals surface area contributed by atoms with Crippen LogP contribution < -0.4 is 16.0 Å². The standard InChI is InChI=1S/C18H21N3O3S2/c1-12-2-4-14(5-3-12)20-18(25)21-15-8-6-13(7-9-15)19-16-10-26(23,24)11-17(16)22/h2-9,16-17,19,22H,10-11H2,1H3,(H2,20,21,25)/t16-,17+/m1/s1. The van der Waals surface area contributed by atoms with E-state index < -0.39 is 22.0 Å². The van der Waals surface area contributed by atoms with E-state index >= 15 is 0 Å². The van der Waals surface area contributed by atoms with Gasteiger partial charge in [-0.25, -0.2) is 8.42 Å². The van der Waals surface area contributed by atoms with Crippen molar-refractivity contribution in [2.75, 3.05) is 27.5 Å². The van der Waals surface area contributed by atoms with Gasteiger partial charge in [0.2, 0.25) is 0 Å². The number of aryl methyl sites for hydroxylation is 1. The molecule has 2 atom stereocenters. The summed E-state index contributed by atoms with van der Waals surface area (Å²) < 4.78 is 23.1. The van der Waals surface area contributed by atoms with Gasteiger partial charge < -0.3 is 21.1 Å². The van der Waals surface area contributed by atoms with Crippen LogP contribution in [0, 0.1) is 6.92 Å². The lowest BCUT2D eigenvalue weighted by atomic mass is 10.2. The third-order valence-corrected chi connectivity index (χ3v) is 6.05. The number of sulfone groups is 1. The first-order valence-electron chi connectivity index (χ1n) is 8.20. The molecule has 0 saturated carbocycles. The van der Waals surface area contributed by atoms with Crippen molar-refractivity contribution in [3.8, 4) is 0 Å². The fraction of sp³-hybridized carbons (Fsp3) is 0.278. The van der Waals surface area contributed by atoms with E-state index in [9.17, 15) is 13.5 Å². The van der Waals surface area contributed by atoms with Crippen molar-refractivity contribution in [3.63, 3.8) is 0 Å². The molecule has 138 valence electrons. The first kappa shape index (κ1) is 18.6. The molecule has 8 heteroatoms. The van der Waals surface area contributed by atoms with Gasteiger partial charge in [0.25, 0.3) is 0 Å². The van der Waals surface area contributed by atoms with Crippen LogP contribution in [0.2, 0.25) is 0 Å². The van der Waals surface area contributed by atoms with Gasteiger partial charge in [-0.3, -0.25) is 0 Å². The van der Waals surface area contributed by atoms with Crippen LogP contribution in [-0.2, 0) is 9.84 Å². The van der Waals surface area contributed by atoms with Crippen LogP contribution >= 0.6 is 12.2 Å². The van der Waals surface area contributed by atoms with Crippen molar-refractivity contribution in [3.05, 3.63) is 54.1 Å². The van der Waals surface area contributed by atoms with Gasteiger partial charge in [0.1, 0.15) is 0 Å². The molecule has 0 aliphatic carbocycles. The van der Waals surface area contributed by atoms with Crippen LogP contribution in [0.3, 0.4) is 0 Å². The molecule has 3 rings (SSSR count). The number of benzene rings is 2. The molecule has 4 N–H and O–H groups in total. The van der Waals surface area contributed by atoms with E-state index in [4.69, 9.17) is 12.2 Å². The monoisotopic (exact) mass is 391 g/mol. The van der Waals surface area contributed by atoms with E-state index in [1.54, 1.807) is 0 Å². The van der Waals surface area contributed by atoms with Crippen molar-refractivity contribution in [1.82, 2.24) is 0 Å². The molecule has 1 fully saturated rings. The second-order valence-electron chi connectivity index (χ2n) is 6.42. The Balaban J connectivity index is 1.56. The van der Waals surface area contributed by atoms with Crippen LogP contribution in [-0.4, -0.2) is 42.3 Å². The number of aliphatic hydroxyl groups is 1. The van der Waals surface area contributed by atoms with Crippen LogP contribution in [0.25, 0.3) is 0 Å². The van der Waals surface area contributed by atoms with Crippen molar-refractivity contribution < 1.29 is 13.5 Å². The summed E-state index contributed by atoms with van der Waals surface area (Å²) in [6, 6.07) is 14.7. The molecule has 0 aromatic heterocycles. The minimum Gasteiger partial charge on any atom is -0.390 e. The van der Waals surface area contributed by atoms with E-state index in [0.717, 1.165) is 17.1 Å². The maximum Gasteiger partial charge on any atom is 0.175 e. The van der Waals surface area contributed by atoms with Gasteiger partial charge >= 0.3 is 0 Å². The lowest BCUT2D eigenvalue weighted by Crippen LogP contribution is -2.31. The summed E-state index contributed by atoms with van der Waals surface area (Å²) in [5.74, 6) is -0.248. The second kappa shape index (κ2) is 7.61. The Morgan fingerprint density at radius 2 is 1.46 bits per heavy atom. The number of nitrogens with one attached hydrogen (secondary N) is 3. The quantitative estimate of drug-likeness (QED) is 0.595. The third-order valence-electron chi connectivity index (χ3n) is 4.13. The van der Waals surface area contributed by atoms with Gasteiger partial charge in [0.15, 0.2) is 14.9 Å². The summed E-state index contributed by atoms with van der Waals surface area (Å²) in [6.07, 6.45) is -0.885. The second-order valence-corrected chi connectivity index (χ2v) is 8.98. The molecule has 2 aromatic rings. The van der Waals surface area contributed by atoms with Crippen molar-refractivity contribution in [2.45, 2.75) is 19.1 Å². The van der Waals surface area contributed by atoms with Gasteiger partial charge in [-0.05, 0) is 55.5 Å². The van der Waals surface area contributed by atoms with Gasteiger partial charge in [-0.1, -0.05) is 17.7 Å². The predicted molar refractivity (Wildman–Crippen MR) is 110 cm³/mol. The molecule has 26 heavy (non-hydrogen) atoms. The zero-order valence-corrected chi connectivity index (χ0v) is 15.9. The predicted octanol–water partition coefficient (Wildman–Crippen LogP) is 2.37. The Kier molecular flexibility index (Phi) is 5.45.